The Labute approximate surface area is 76.9 Å². The molecule has 1 rings (SSSR count). The molecule has 0 aliphatic rings. The minimum absolute atomic E-state index is 0.0374. The number of nitrogens with two attached hydrogens (primary N) is 1. The topological polar surface area (TPSA) is 87.7 Å². The van der Waals surface area contributed by atoms with Crippen LogP contribution in [0.4, 0.5) is 5.95 Å². The molecule has 0 spiro atoms. The second-order valence-corrected chi connectivity index (χ2v) is 2.66. The van der Waals surface area contributed by atoms with Crippen molar-refractivity contribution >= 4 is 11.8 Å². The van der Waals surface area contributed by atoms with Crippen LogP contribution in [0.3, 0.4) is 0 Å². The van der Waals surface area contributed by atoms with Gasteiger partial charge in [0.25, 0.3) is 0 Å². The zero-order valence-electron chi connectivity index (χ0n) is 7.76. The van der Waals surface area contributed by atoms with Gasteiger partial charge >= 0.3 is 0 Å². The van der Waals surface area contributed by atoms with Gasteiger partial charge in [-0.3, -0.25) is 5.41 Å². The molecule has 0 saturated carbocycles. The normalized spacial score (nSPS) is 9.69. The van der Waals surface area contributed by atoms with E-state index in [4.69, 9.17) is 11.1 Å². The Kier molecular flexibility index (Phi) is 2.79. The lowest BCUT2D eigenvalue weighted by Crippen LogP contribution is -2.15. The van der Waals surface area contributed by atoms with Gasteiger partial charge in [-0.15, -0.1) is 0 Å². The Bertz CT molecular complexity index is 320. The molecule has 0 aliphatic carbocycles. The number of rotatable bonds is 3. The summed E-state index contributed by atoms with van der Waals surface area (Å²) < 4.78 is 0. The lowest BCUT2D eigenvalue weighted by atomic mass is 10.3. The molecule has 4 N–H and O–H groups in total. The number of aryl methyl sites for hydroxylation is 1. The first-order valence-corrected chi connectivity index (χ1v) is 4.07. The number of hydrogen-bond donors (Lipinski definition) is 3. The highest BCUT2D eigenvalue weighted by molar-refractivity contribution is 5.93. The second-order valence-electron chi connectivity index (χ2n) is 2.66. The molecule has 1 heterocycles. The van der Waals surface area contributed by atoms with E-state index in [-0.39, 0.29) is 5.84 Å². The molecule has 0 fully saturated rings. The van der Waals surface area contributed by atoms with Crippen LogP contribution in [0, 0.1) is 12.3 Å². The van der Waals surface area contributed by atoms with Gasteiger partial charge in [0, 0.05) is 12.2 Å². The maximum Gasteiger partial charge on any atom is 0.223 e. The third-order valence-electron chi connectivity index (χ3n) is 1.47. The number of aromatic nitrogens is 2. The molecule has 1 aromatic heterocycles. The van der Waals surface area contributed by atoms with Crippen molar-refractivity contribution in [1.82, 2.24) is 9.97 Å². The molecule has 0 radical (unpaired) electrons. The summed E-state index contributed by atoms with van der Waals surface area (Å²) in [6, 6.07) is 1.68. The molecule has 0 bridgehead atoms. The molecular formula is C8H13N5. The Morgan fingerprint density at radius 3 is 2.85 bits per heavy atom. The van der Waals surface area contributed by atoms with Crippen LogP contribution in [-0.2, 0) is 0 Å². The Hall–Kier alpha value is -1.65. The highest BCUT2D eigenvalue weighted by Crippen LogP contribution is 2.03. The molecule has 0 unspecified atom stereocenters. The highest BCUT2D eigenvalue weighted by atomic mass is 15.1. The summed E-state index contributed by atoms with van der Waals surface area (Å²) in [6.45, 7) is 4.55. The molecule has 70 valence electrons. The third kappa shape index (κ3) is 2.40. The van der Waals surface area contributed by atoms with E-state index in [1.54, 1.807) is 6.07 Å². The standard InChI is InChI=1S/C8H13N5/c1-3-11-8-12-5(2)4-6(13-8)7(9)10/h4H,3H2,1-2H3,(H3,9,10)(H,11,12,13). The molecule has 0 saturated heterocycles. The van der Waals surface area contributed by atoms with Gasteiger partial charge in [0.15, 0.2) is 0 Å². The molecule has 13 heavy (non-hydrogen) atoms. The zero-order chi connectivity index (χ0) is 9.84. The average molecular weight is 179 g/mol. The fourth-order valence-corrected chi connectivity index (χ4v) is 0.944. The molecule has 1 aromatic rings. The van der Waals surface area contributed by atoms with Crippen molar-refractivity contribution in [1.29, 1.82) is 5.41 Å². The molecule has 0 amide bonds. The summed E-state index contributed by atoms with van der Waals surface area (Å²) in [6.07, 6.45) is 0. The first-order valence-electron chi connectivity index (χ1n) is 4.07. The van der Waals surface area contributed by atoms with Gasteiger partial charge in [-0.2, -0.15) is 0 Å². The summed E-state index contributed by atoms with van der Waals surface area (Å²) >= 11 is 0. The minimum Gasteiger partial charge on any atom is -0.382 e. The number of hydrogen-bond acceptors (Lipinski definition) is 4. The predicted octanol–water partition coefficient (Wildman–Crippen LogP) is 0.501. The molecule has 5 heteroatoms. The highest BCUT2D eigenvalue weighted by Gasteiger charge is 2.02. The Morgan fingerprint density at radius 1 is 1.62 bits per heavy atom. The molecule has 0 aromatic carbocycles. The van der Waals surface area contributed by atoms with Gasteiger partial charge in [0.2, 0.25) is 5.95 Å². The van der Waals surface area contributed by atoms with Crippen LogP contribution in [-0.4, -0.2) is 22.3 Å². The van der Waals surface area contributed by atoms with Crippen LogP contribution in [0.5, 0.6) is 0 Å². The summed E-state index contributed by atoms with van der Waals surface area (Å²) in [5, 5.41) is 10.2. The fourth-order valence-electron chi connectivity index (χ4n) is 0.944. The lowest BCUT2D eigenvalue weighted by Gasteiger charge is -2.04. The van der Waals surface area contributed by atoms with Crippen molar-refractivity contribution in [3.05, 3.63) is 17.5 Å². The quantitative estimate of drug-likeness (QED) is 0.465. The van der Waals surface area contributed by atoms with Gasteiger partial charge in [-0.1, -0.05) is 0 Å². The predicted molar refractivity (Wildman–Crippen MR) is 51.9 cm³/mol. The van der Waals surface area contributed by atoms with Gasteiger partial charge in [0.1, 0.15) is 11.5 Å². The smallest absolute Gasteiger partial charge is 0.223 e. The van der Waals surface area contributed by atoms with Crippen molar-refractivity contribution in [3.63, 3.8) is 0 Å². The SMILES string of the molecule is CCNc1nc(C)cc(C(=N)N)n1. The first kappa shape index (κ1) is 9.44. The molecule has 0 aliphatic heterocycles. The van der Waals surface area contributed by atoms with Gasteiger partial charge < -0.3 is 11.1 Å². The van der Waals surface area contributed by atoms with Crippen molar-refractivity contribution in [2.24, 2.45) is 5.73 Å². The lowest BCUT2D eigenvalue weighted by molar-refractivity contribution is 1.04. The number of anilines is 1. The fraction of sp³-hybridized carbons (Fsp3) is 0.375. The molecular weight excluding hydrogens is 166 g/mol. The van der Waals surface area contributed by atoms with Crippen LogP contribution < -0.4 is 11.1 Å². The molecule has 5 nitrogen and oxygen atoms in total. The second kappa shape index (κ2) is 3.84. The van der Waals surface area contributed by atoms with Crippen LogP contribution in [0.1, 0.15) is 18.3 Å². The van der Waals surface area contributed by atoms with E-state index in [0.29, 0.717) is 11.6 Å². The summed E-state index contributed by atoms with van der Waals surface area (Å²) in [4.78, 5) is 8.18. The largest absolute Gasteiger partial charge is 0.382 e. The van der Waals surface area contributed by atoms with Crippen molar-refractivity contribution in [2.75, 3.05) is 11.9 Å². The number of nitrogens with zero attached hydrogens (tertiary/aromatic N) is 2. The van der Waals surface area contributed by atoms with E-state index in [1.807, 2.05) is 13.8 Å². The van der Waals surface area contributed by atoms with Crippen LogP contribution in [0.2, 0.25) is 0 Å². The average Bonchev–Trinajstić information content (AvgIpc) is 2.03. The van der Waals surface area contributed by atoms with E-state index >= 15 is 0 Å². The summed E-state index contributed by atoms with van der Waals surface area (Å²) in [5.74, 6) is 0.484. The number of nitrogens with one attached hydrogen (secondary N) is 2. The van der Waals surface area contributed by atoms with E-state index in [9.17, 15) is 0 Å². The van der Waals surface area contributed by atoms with Crippen molar-refractivity contribution < 1.29 is 0 Å². The van der Waals surface area contributed by atoms with E-state index < -0.39 is 0 Å². The van der Waals surface area contributed by atoms with Crippen molar-refractivity contribution in [3.8, 4) is 0 Å². The first-order chi connectivity index (χ1) is 6.13. The van der Waals surface area contributed by atoms with Crippen molar-refractivity contribution in [2.45, 2.75) is 13.8 Å². The number of nitrogen functional groups attached to an aromatic ring is 1. The maximum absolute atomic E-state index is 7.22. The third-order valence-corrected chi connectivity index (χ3v) is 1.47. The Balaban J connectivity index is 3.03. The van der Waals surface area contributed by atoms with Crippen LogP contribution >= 0.6 is 0 Å². The van der Waals surface area contributed by atoms with Crippen LogP contribution in [0.25, 0.3) is 0 Å². The van der Waals surface area contributed by atoms with Crippen LogP contribution in [0.15, 0.2) is 6.07 Å². The zero-order valence-corrected chi connectivity index (χ0v) is 7.76. The number of amidine groups is 1. The monoisotopic (exact) mass is 179 g/mol. The molecule has 0 atom stereocenters. The van der Waals surface area contributed by atoms with Gasteiger partial charge in [-0.05, 0) is 19.9 Å². The van der Waals surface area contributed by atoms with E-state index in [0.717, 1.165) is 12.2 Å². The van der Waals surface area contributed by atoms with Gasteiger partial charge in [-0.25, -0.2) is 9.97 Å². The van der Waals surface area contributed by atoms with E-state index in [2.05, 4.69) is 15.3 Å². The van der Waals surface area contributed by atoms with Gasteiger partial charge in [0.05, 0.1) is 0 Å². The summed E-state index contributed by atoms with van der Waals surface area (Å²) in [7, 11) is 0. The summed E-state index contributed by atoms with van der Waals surface area (Å²) in [5.41, 5.74) is 6.58. The Morgan fingerprint density at radius 2 is 2.31 bits per heavy atom. The maximum atomic E-state index is 7.22. The minimum atomic E-state index is -0.0374. The van der Waals surface area contributed by atoms with E-state index in [1.165, 1.54) is 0 Å².